The van der Waals surface area contributed by atoms with Crippen molar-refractivity contribution in [3.8, 4) is 5.75 Å². The summed E-state index contributed by atoms with van der Waals surface area (Å²) in [5.41, 5.74) is 0. The summed E-state index contributed by atoms with van der Waals surface area (Å²) < 4.78 is 18.2. The van der Waals surface area contributed by atoms with E-state index in [0.717, 1.165) is 0 Å². The van der Waals surface area contributed by atoms with Crippen molar-refractivity contribution in [3.05, 3.63) is 30.1 Å². The zero-order valence-electron chi connectivity index (χ0n) is 12.1. The van der Waals surface area contributed by atoms with Gasteiger partial charge in [-0.2, -0.15) is 0 Å². The minimum Gasteiger partial charge on any atom is -0.481 e. The van der Waals surface area contributed by atoms with Crippen molar-refractivity contribution < 1.29 is 19.0 Å². The highest BCUT2D eigenvalue weighted by molar-refractivity contribution is 5.81. The molecular weight excluding hydrogens is 261 g/mol. The Morgan fingerprint density at radius 3 is 2.40 bits per heavy atom. The van der Waals surface area contributed by atoms with Crippen molar-refractivity contribution >= 4 is 5.91 Å². The summed E-state index contributed by atoms with van der Waals surface area (Å²) in [6, 6.07) is 5.43. The summed E-state index contributed by atoms with van der Waals surface area (Å²) in [5, 5.41) is 11.8. The lowest BCUT2D eigenvalue weighted by Gasteiger charge is -2.24. The van der Waals surface area contributed by atoms with Gasteiger partial charge in [0.1, 0.15) is 11.6 Å². The Kier molecular flexibility index (Phi) is 6.45. The molecule has 0 saturated heterocycles. The van der Waals surface area contributed by atoms with Crippen LogP contribution in [0.4, 0.5) is 4.39 Å². The molecule has 0 aliphatic rings. The molecule has 0 aliphatic heterocycles. The third-order valence-electron chi connectivity index (χ3n) is 3.07. The Balaban J connectivity index is 2.55. The molecule has 1 rings (SSSR count). The number of aliphatic hydroxyl groups excluding tert-OH is 1. The zero-order chi connectivity index (χ0) is 15.1. The van der Waals surface area contributed by atoms with E-state index in [1.807, 2.05) is 13.8 Å². The molecule has 2 atom stereocenters. The van der Waals surface area contributed by atoms with Gasteiger partial charge in [0.15, 0.2) is 6.10 Å². The molecule has 0 radical (unpaired) electrons. The number of hydrogen-bond donors (Lipinski definition) is 2. The van der Waals surface area contributed by atoms with Crippen LogP contribution in [0.1, 0.15) is 27.2 Å². The maximum Gasteiger partial charge on any atom is 0.261 e. The molecule has 0 saturated carbocycles. The molecule has 1 aromatic rings. The van der Waals surface area contributed by atoms with Crippen LogP contribution in [0.15, 0.2) is 24.3 Å². The molecule has 2 unspecified atom stereocenters. The Morgan fingerprint density at radius 1 is 1.30 bits per heavy atom. The third-order valence-corrected chi connectivity index (χ3v) is 3.07. The van der Waals surface area contributed by atoms with Gasteiger partial charge in [0, 0.05) is 12.6 Å². The standard InChI is InChI=1S/C15H22FNO3/c1-10(2)14(8-9-18)17-15(19)11(3)20-13-6-4-12(16)5-7-13/h4-7,10-11,14,18H,8-9H2,1-3H3,(H,17,19). The van der Waals surface area contributed by atoms with Crippen LogP contribution in [0, 0.1) is 11.7 Å². The van der Waals surface area contributed by atoms with Crippen LogP contribution in [0.25, 0.3) is 0 Å². The number of rotatable bonds is 7. The quantitative estimate of drug-likeness (QED) is 0.806. The summed E-state index contributed by atoms with van der Waals surface area (Å²) in [4.78, 5) is 12.0. The van der Waals surface area contributed by atoms with E-state index in [-0.39, 0.29) is 30.3 Å². The Labute approximate surface area is 119 Å². The van der Waals surface area contributed by atoms with Crippen LogP contribution in [-0.4, -0.2) is 29.8 Å². The van der Waals surface area contributed by atoms with E-state index in [0.29, 0.717) is 12.2 Å². The summed E-state index contributed by atoms with van der Waals surface area (Å²) >= 11 is 0. The van der Waals surface area contributed by atoms with Crippen LogP contribution in [0.5, 0.6) is 5.75 Å². The number of nitrogens with one attached hydrogen (secondary N) is 1. The van der Waals surface area contributed by atoms with Crippen molar-refractivity contribution in [3.63, 3.8) is 0 Å². The van der Waals surface area contributed by atoms with Crippen molar-refractivity contribution in [2.24, 2.45) is 5.92 Å². The van der Waals surface area contributed by atoms with Gasteiger partial charge in [-0.05, 0) is 43.5 Å². The van der Waals surface area contributed by atoms with Crippen molar-refractivity contribution in [2.75, 3.05) is 6.61 Å². The van der Waals surface area contributed by atoms with Gasteiger partial charge >= 0.3 is 0 Å². The van der Waals surface area contributed by atoms with E-state index in [2.05, 4.69) is 5.32 Å². The molecule has 0 heterocycles. The van der Waals surface area contributed by atoms with Gasteiger partial charge in [-0.1, -0.05) is 13.8 Å². The van der Waals surface area contributed by atoms with Crippen molar-refractivity contribution in [1.82, 2.24) is 5.32 Å². The maximum absolute atomic E-state index is 12.8. The second-order valence-electron chi connectivity index (χ2n) is 5.09. The van der Waals surface area contributed by atoms with Crippen LogP contribution in [0.2, 0.25) is 0 Å². The molecule has 0 fully saturated rings. The first kappa shape index (κ1) is 16.4. The normalized spacial score (nSPS) is 13.9. The van der Waals surface area contributed by atoms with Crippen LogP contribution >= 0.6 is 0 Å². The molecule has 112 valence electrons. The first-order chi connectivity index (χ1) is 9.43. The minimum absolute atomic E-state index is 0.0241. The van der Waals surface area contributed by atoms with Crippen LogP contribution in [-0.2, 0) is 4.79 Å². The van der Waals surface area contributed by atoms with Crippen molar-refractivity contribution in [1.29, 1.82) is 0 Å². The molecule has 4 nitrogen and oxygen atoms in total. The van der Waals surface area contributed by atoms with Crippen LogP contribution < -0.4 is 10.1 Å². The molecule has 2 N–H and O–H groups in total. The molecule has 5 heteroatoms. The first-order valence-electron chi connectivity index (χ1n) is 6.77. The van der Waals surface area contributed by atoms with E-state index in [9.17, 15) is 9.18 Å². The second kappa shape index (κ2) is 7.85. The van der Waals surface area contributed by atoms with Gasteiger partial charge in [0.25, 0.3) is 5.91 Å². The van der Waals surface area contributed by atoms with E-state index in [1.54, 1.807) is 6.92 Å². The lowest BCUT2D eigenvalue weighted by Crippen LogP contribution is -2.45. The first-order valence-corrected chi connectivity index (χ1v) is 6.77. The number of halogens is 1. The summed E-state index contributed by atoms with van der Waals surface area (Å²) in [5.74, 6) is 0.0696. The van der Waals surface area contributed by atoms with Crippen LogP contribution in [0.3, 0.4) is 0 Å². The van der Waals surface area contributed by atoms with Crippen molar-refractivity contribution in [2.45, 2.75) is 39.3 Å². The number of ether oxygens (including phenoxy) is 1. The molecule has 0 bridgehead atoms. The number of aliphatic hydroxyl groups is 1. The smallest absolute Gasteiger partial charge is 0.261 e. The average Bonchev–Trinajstić information content (AvgIpc) is 2.40. The summed E-state index contributed by atoms with van der Waals surface area (Å²) in [7, 11) is 0. The van der Waals surface area contributed by atoms with E-state index in [4.69, 9.17) is 9.84 Å². The Bertz CT molecular complexity index is 420. The number of hydrogen-bond acceptors (Lipinski definition) is 3. The predicted molar refractivity (Wildman–Crippen MR) is 75.0 cm³/mol. The SMILES string of the molecule is CC(Oc1ccc(F)cc1)C(=O)NC(CCO)C(C)C. The number of carbonyl (C=O) groups is 1. The molecular formula is C15H22FNO3. The number of benzene rings is 1. The largest absolute Gasteiger partial charge is 0.481 e. The second-order valence-corrected chi connectivity index (χ2v) is 5.09. The zero-order valence-corrected chi connectivity index (χ0v) is 12.1. The lowest BCUT2D eigenvalue weighted by atomic mass is 10.0. The topological polar surface area (TPSA) is 58.6 Å². The highest BCUT2D eigenvalue weighted by Gasteiger charge is 2.20. The maximum atomic E-state index is 12.8. The minimum atomic E-state index is -0.680. The van der Waals surface area contributed by atoms with E-state index in [1.165, 1.54) is 24.3 Å². The molecule has 1 aromatic carbocycles. The van der Waals surface area contributed by atoms with Gasteiger partial charge in [-0.25, -0.2) is 4.39 Å². The van der Waals surface area contributed by atoms with Gasteiger partial charge < -0.3 is 15.2 Å². The van der Waals surface area contributed by atoms with E-state index < -0.39 is 6.10 Å². The van der Waals surface area contributed by atoms with Gasteiger partial charge in [0.2, 0.25) is 0 Å². The summed E-state index contributed by atoms with van der Waals surface area (Å²) in [6.07, 6.45) is -0.174. The third kappa shape index (κ3) is 5.17. The fourth-order valence-electron chi connectivity index (χ4n) is 1.78. The fraction of sp³-hybridized carbons (Fsp3) is 0.533. The molecule has 0 aliphatic carbocycles. The van der Waals surface area contributed by atoms with Gasteiger partial charge in [0.05, 0.1) is 0 Å². The molecule has 1 amide bonds. The predicted octanol–water partition coefficient (Wildman–Crippen LogP) is 2.12. The summed E-state index contributed by atoms with van der Waals surface area (Å²) in [6.45, 7) is 5.61. The Morgan fingerprint density at radius 2 is 1.90 bits per heavy atom. The number of amides is 1. The lowest BCUT2D eigenvalue weighted by molar-refractivity contribution is -0.128. The average molecular weight is 283 g/mol. The molecule has 0 aromatic heterocycles. The van der Waals surface area contributed by atoms with Gasteiger partial charge in [-0.3, -0.25) is 4.79 Å². The number of carbonyl (C=O) groups excluding carboxylic acids is 1. The Hall–Kier alpha value is -1.62. The van der Waals surface area contributed by atoms with Gasteiger partial charge in [-0.15, -0.1) is 0 Å². The molecule has 20 heavy (non-hydrogen) atoms. The highest BCUT2D eigenvalue weighted by atomic mass is 19.1. The fourth-order valence-corrected chi connectivity index (χ4v) is 1.78. The van der Waals surface area contributed by atoms with E-state index >= 15 is 0 Å². The highest BCUT2D eigenvalue weighted by Crippen LogP contribution is 2.13. The molecule has 0 spiro atoms. The monoisotopic (exact) mass is 283 g/mol.